The highest BCUT2D eigenvalue weighted by Crippen LogP contribution is 2.20. The van der Waals surface area contributed by atoms with E-state index in [0.29, 0.717) is 13.1 Å². The molecule has 26 heavy (non-hydrogen) atoms. The van der Waals surface area contributed by atoms with Crippen molar-refractivity contribution >= 4 is 16.9 Å². The van der Waals surface area contributed by atoms with E-state index in [9.17, 15) is 0 Å². The van der Waals surface area contributed by atoms with Crippen molar-refractivity contribution in [3.05, 3.63) is 65.4 Å². The highest BCUT2D eigenvalue weighted by atomic mass is 16.5. The number of rotatable bonds is 6. The second-order valence-corrected chi connectivity index (χ2v) is 6.25. The van der Waals surface area contributed by atoms with Gasteiger partial charge in [0.25, 0.3) is 0 Å². The van der Waals surface area contributed by atoms with E-state index in [1.54, 1.807) is 7.11 Å². The maximum Gasteiger partial charge on any atom is 0.191 e. The molecule has 136 valence electrons. The van der Waals surface area contributed by atoms with Crippen molar-refractivity contribution in [2.45, 2.75) is 26.9 Å². The van der Waals surface area contributed by atoms with Crippen LogP contribution in [0.25, 0.3) is 10.9 Å². The van der Waals surface area contributed by atoms with Gasteiger partial charge in [0, 0.05) is 23.3 Å². The summed E-state index contributed by atoms with van der Waals surface area (Å²) in [5.41, 5.74) is 4.53. The number of aromatic nitrogens is 1. The van der Waals surface area contributed by atoms with E-state index in [1.807, 2.05) is 18.2 Å². The number of benzene rings is 2. The fourth-order valence-electron chi connectivity index (χ4n) is 2.90. The summed E-state index contributed by atoms with van der Waals surface area (Å²) in [5.74, 6) is 1.66. The first-order valence-electron chi connectivity index (χ1n) is 8.92. The van der Waals surface area contributed by atoms with Gasteiger partial charge in [-0.15, -0.1) is 0 Å². The highest BCUT2D eigenvalue weighted by Gasteiger charge is 2.05. The Balaban J connectivity index is 1.69. The van der Waals surface area contributed by atoms with Gasteiger partial charge in [-0.2, -0.15) is 0 Å². The molecule has 3 rings (SSSR count). The number of hydrogen-bond donors (Lipinski definition) is 3. The molecule has 0 fully saturated rings. The molecule has 0 radical (unpaired) electrons. The third kappa shape index (κ3) is 4.36. The average Bonchev–Trinajstić information content (AvgIpc) is 3.07. The molecule has 0 saturated heterocycles. The second-order valence-electron chi connectivity index (χ2n) is 6.25. The van der Waals surface area contributed by atoms with E-state index < -0.39 is 0 Å². The zero-order valence-electron chi connectivity index (χ0n) is 15.6. The molecule has 2 aromatic carbocycles. The van der Waals surface area contributed by atoms with Crippen molar-refractivity contribution in [3.63, 3.8) is 0 Å². The monoisotopic (exact) mass is 350 g/mol. The number of fused-ring (bicyclic) bond motifs is 1. The molecule has 3 N–H and O–H groups in total. The zero-order valence-corrected chi connectivity index (χ0v) is 15.6. The minimum Gasteiger partial charge on any atom is -0.496 e. The van der Waals surface area contributed by atoms with Gasteiger partial charge < -0.3 is 20.4 Å². The zero-order chi connectivity index (χ0) is 18.4. The van der Waals surface area contributed by atoms with E-state index in [2.05, 4.69) is 59.8 Å². The van der Waals surface area contributed by atoms with Crippen molar-refractivity contribution in [1.29, 1.82) is 0 Å². The lowest BCUT2D eigenvalue weighted by Crippen LogP contribution is -2.36. The van der Waals surface area contributed by atoms with Crippen molar-refractivity contribution in [1.82, 2.24) is 15.6 Å². The van der Waals surface area contributed by atoms with Crippen LogP contribution in [0.15, 0.2) is 53.5 Å². The lowest BCUT2D eigenvalue weighted by molar-refractivity contribution is 0.409. The van der Waals surface area contributed by atoms with Gasteiger partial charge in [0.05, 0.1) is 20.2 Å². The first-order chi connectivity index (χ1) is 12.7. The normalized spacial score (nSPS) is 11.6. The number of ether oxygens (including phenoxy) is 1. The third-order valence-corrected chi connectivity index (χ3v) is 4.23. The number of para-hydroxylation sites is 1. The molecular weight excluding hydrogens is 324 g/mol. The van der Waals surface area contributed by atoms with Crippen LogP contribution in [0.3, 0.4) is 0 Å². The first-order valence-corrected chi connectivity index (χ1v) is 8.92. The summed E-state index contributed by atoms with van der Waals surface area (Å²) in [6, 6.07) is 16.6. The van der Waals surface area contributed by atoms with E-state index >= 15 is 0 Å². The van der Waals surface area contributed by atoms with Gasteiger partial charge in [-0.25, -0.2) is 4.99 Å². The molecule has 0 atom stereocenters. The molecule has 5 heteroatoms. The predicted molar refractivity (Wildman–Crippen MR) is 108 cm³/mol. The summed E-state index contributed by atoms with van der Waals surface area (Å²) in [6.45, 7) is 6.18. The summed E-state index contributed by atoms with van der Waals surface area (Å²) in [5, 5.41) is 7.89. The van der Waals surface area contributed by atoms with Gasteiger partial charge in [0.1, 0.15) is 5.75 Å². The fourth-order valence-corrected chi connectivity index (χ4v) is 2.90. The molecule has 0 amide bonds. The summed E-state index contributed by atoms with van der Waals surface area (Å²) in [7, 11) is 1.70. The molecule has 0 aliphatic carbocycles. The number of methoxy groups -OCH3 is 1. The van der Waals surface area contributed by atoms with Gasteiger partial charge >= 0.3 is 0 Å². The lowest BCUT2D eigenvalue weighted by atomic mass is 10.1. The Morgan fingerprint density at radius 2 is 1.96 bits per heavy atom. The van der Waals surface area contributed by atoms with E-state index in [4.69, 9.17) is 9.73 Å². The van der Waals surface area contributed by atoms with Gasteiger partial charge in [0.2, 0.25) is 0 Å². The number of nitrogens with zero attached hydrogens (tertiary/aromatic N) is 1. The maximum atomic E-state index is 5.47. The van der Waals surface area contributed by atoms with Crippen LogP contribution in [0, 0.1) is 6.92 Å². The van der Waals surface area contributed by atoms with Gasteiger partial charge in [-0.05, 0) is 43.0 Å². The first kappa shape index (κ1) is 17.9. The van der Waals surface area contributed by atoms with Crippen LogP contribution < -0.4 is 15.4 Å². The number of aliphatic imine (C=N–C) groups is 1. The lowest BCUT2D eigenvalue weighted by Gasteiger charge is -2.12. The highest BCUT2D eigenvalue weighted by molar-refractivity contribution is 5.81. The molecule has 0 saturated carbocycles. The van der Waals surface area contributed by atoms with E-state index in [-0.39, 0.29) is 0 Å². The largest absolute Gasteiger partial charge is 0.496 e. The summed E-state index contributed by atoms with van der Waals surface area (Å²) >= 11 is 0. The van der Waals surface area contributed by atoms with Crippen molar-refractivity contribution in [2.75, 3.05) is 13.7 Å². The van der Waals surface area contributed by atoms with Crippen LogP contribution in [0.2, 0.25) is 0 Å². The molecule has 1 aromatic heterocycles. The Morgan fingerprint density at radius 1 is 1.12 bits per heavy atom. The average molecular weight is 350 g/mol. The molecule has 3 aromatic rings. The van der Waals surface area contributed by atoms with E-state index in [0.717, 1.165) is 35.0 Å². The van der Waals surface area contributed by atoms with E-state index in [1.165, 1.54) is 10.9 Å². The SMILES string of the molecule is CCNC(=NCc1ccc(C)cc1OC)NCc1cc2ccccc2[nH]1. The van der Waals surface area contributed by atoms with Crippen molar-refractivity contribution in [3.8, 4) is 5.75 Å². The number of aryl methyl sites for hydroxylation is 1. The molecule has 0 bridgehead atoms. The summed E-state index contributed by atoms with van der Waals surface area (Å²) in [4.78, 5) is 8.12. The van der Waals surface area contributed by atoms with Crippen LogP contribution in [-0.2, 0) is 13.1 Å². The number of hydrogen-bond acceptors (Lipinski definition) is 2. The quantitative estimate of drug-likeness (QED) is 0.469. The topological polar surface area (TPSA) is 61.4 Å². The second kappa shape index (κ2) is 8.43. The van der Waals surface area contributed by atoms with Crippen LogP contribution in [0.4, 0.5) is 0 Å². The van der Waals surface area contributed by atoms with Gasteiger partial charge in [0.15, 0.2) is 5.96 Å². The minimum atomic E-state index is 0.561. The predicted octanol–water partition coefficient (Wildman–Crippen LogP) is 3.74. The molecule has 0 unspecified atom stereocenters. The molecule has 5 nitrogen and oxygen atoms in total. The Labute approximate surface area is 154 Å². The molecule has 0 aliphatic heterocycles. The third-order valence-electron chi connectivity index (χ3n) is 4.23. The van der Waals surface area contributed by atoms with Crippen LogP contribution in [0.1, 0.15) is 23.7 Å². The Kier molecular flexibility index (Phi) is 5.79. The standard InChI is InChI=1S/C21H26N4O/c1-4-22-21(23-13-17-10-9-15(2)11-20(17)26-3)24-14-18-12-16-7-5-6-8-19(16)25-18/h5-12,25H,4,13-14H2,1-3H3,(H2,22,23,24). The Bertz CT molecular complexity index is 865. The smallest absolute Gasteiger partial charge is 0.191 e. The number of nitrogens with one attached hydrogen (secondary N) is 3. The molecule has 1 heterocycles. The summed E-state index contributed by atoms with van der Waals surface area (Å²) in [6.07, 6.45) is 0. The molecular formula is C21H26N4O. The Hall–Kier alpha value is -2.95. The number of aromatic amines is 1. The molecule has 0 aliphatic rings. The number of guanidine groups is 1. The van der Waals surface area contributed by atoms with Crippen LogP contribution in [0.5, 0.6) is 5.75 Å². The van der Waals surface area contributed by atoms with Crippen LogP contribution in [-0.4, -0.2) is 24.6 Å². The maximum absolute atomic E-state index is 5.47. The van der Waals surface area contributed by atoms with Gasteiger partial charge in [-0.1, -0.05) is 30.3 Å². The molecule has 0 spiro atoms. The van der Waals surface area contributed by atoms with Gasteiger partial charge in [-0.3, -0.25) is 0 Å². The van der Waals surface area contributed by atoms with Crippen molar-refractivity contribution in [2.24, 2.45) is 4.99 Å². The number of H-pyrrole nitrogens is 1. The van der Waals surface area contributed by atoms with Crippen LogP contribution >= 0.6 is 0 Å². The summed E-state index contributed by atoms with van der Waals surface area (Å²) < 4.78 is 5.47. The Morgan fingerprint density at radius 3 is 2.73 bits per heavy atom. The van der Waals surface area contributed by atoms with Crippen molar-refractivity contribution < 1.29 is 4.74 Å². The fraction of sp³-hybridized carbons (Fsp3) is 0.286. The minimum absolute atomic E-state index is 0.561.